The Balaban J connectivity index is 2.02. The van der Waals surface area contributed by atoms with E-state index in [9.17, 15) is 17.6 Å². The quantitative estimate of drug-likeness (QED) is 0.637. The third-order valence-electron chi connectivity index (χ3n) is 3.76. The van der Waals surface area contributed by atoms with Gasteiger partial charge in [0.05, 0.1) is 6.04 Å². The summed E-state index contributed by atoms with van der Waals surface area (Å²) in [5, 5.41) is 3.82. The highest BCUT2D eigenvalue weighted by atomic mass is 19.2. The van der Waals surface area contributed by atoms with Gasteiger partial charge in [-0.15, -0.1) is 0 Å². The molecule has 5 nitrogen and oxygen atoms in total. The Labute approximate surface area is 129 Å². The zero-order valence-corrected chi connectivity index (χ0v) is 12.5. The van der Waals surface area contributed by atoms with Gasteiger partial charge < -0.3 is 9.42 Å². The molecule has 0 N–H and O–H groups in total. The van der Waals surface area contributed by atoms with Crippen LogP contribution >= 0.6 is 0 Å². The molecule has 3 rings (SSSR count). The molecule has 0 amide bonds. The van der Waals surface area contributed by atoms with E-state index in [1.807, 2.05) is 13.8 Å². The van der Waals surface area contributed by atoms with Crippen LogP contribution in [-0.2, 0) is 0 Å². The third kappa shape index (κ3) is 2.64. The van der Waals surface area contributed by atoms with E-state index < -0.39 is 35.3 Å². The fourth-order valence-electron chi connectivity index (χ4n) is 2.65. The highest BCUT2D eigenvalue weighted by molar-refractivity contribution is 5.51. The number of nitrogens with zero attached hydrogens (tertiary/aromatic N) is 4. The molecule has 124 valence electrons. The molecule has 0 aliphatic carbocycles. The van der Waals surface area contributed by atoms with Crippen molar-refractivity contribution in [2.24, 2.45) is 0 Å². The summed E-state index contributed by atoms with van der Waals surface area (Å²) >= 11 is 0. The summed E-state index contributed by atoms with van der Waals surface area (Å²) in [6, 6.07) is -0.614. The van der Waals surface area contributed by atoms with Crippen molar-refractivity contribution in [3.8, 4) is 0 Å². The fourth-order valence-corrected chi connectivity index (χ4v) is 2.65. The molecule has 1 unspecified atom stereocenters. The molecule has 1 atom stereocenters. The molecule has 2 aromatic heterocycles. The lowest BCUT2D eigenvalue weighted by atomic mass is 10.2. The van der Waals surface area contributed by atoms with Crippen LogP contribution in [0, 0.1) is 23.5 Å². The van der Waals surface area contributed by atoms with Crippen LogP contribution in [0.25, 0.3) is 0 Å². The number of aromatic nitrogens is 3. The van der Waals surface area contributed by atoms with Crippen LogP contribution < -0.4 is 4.90 Å². The molecule has 0 aromatic carbocycles. The highest BCUT2D eigenvalue weighted by Crippen LogP contribution is 2.38. The van der Waals surface area contributed by atoms with Crippen LogP contribution in [-0.4, -0.2) is 21.7 Å². The van der Waals surface area contributed by atoms with Gasteiger partial charge in [0.25, 0.3) is 11.9 Å². The van der Waals surface area contributed by atoms with Gasteiger partial charge >= 0.3 is 0 Å². The van der Waals surface area contributed by atoms with Crippen LogP contribution in [0.4, 0.5) is 23.2 Å². The first kappa shape index (κ1) is 15.7. The minimum atomic E-state index is -1.68. The fraction of sp³-hybridized carbons (Fsp3) is 0.500. The van der Waals surface area contributed by atoms with E-state index in [-0.39, 0.29) is 18.3 Å². The van der Waals surface area contributed by atoms with Gasteiger partial charge in [-0.1, -0.05) is 19.0 Å². The van der Waals surface area contributed by atoms with E-state index in [1.54, 1.807) is 0 Å². The average Bonchev–Trinajstić information content (AvgIpc) is 3.14. The molecule has 1 fully saturated rings. The topological polar surface area (TPSA) is 55.1 Å². The zero-order chi connectivity index (χ0) is 16.7. The largest absolute Gasteiger partial charge is 0.356 e. The summed E-state index contributed by atoms with van der Waals surface area (Å²) in [7, 11) is 0. The number of pyridine rings is 1. The smallest absolute Gasteiger partial charge is 0.253 e. The van der Waals surface area contributed by atoms with E-state index in [1.165, 1.54) is 4.90 Å². The van der Waals surface area contributed by atoms with Crippen molar-refractivity contribution < 1.29 is 22.1 Å². The molecule has 1 aliphatic rings. The van der Waals surface area contributed by atoms with Crippen molar-refractivity contribution in [3.05, 3.63) is 35.2 Å². The van der Waals surface area contributed by atoms with Gasteiger partial charge in [-0.3, -0.25) is 0 Å². The van der Waals surface area contributed by atoms with Gasteiger partial charge in [0, 0.05) is 12.5 Å². The van der Waals surface area contributed by atoms with Crippen molar-refractivity contribution >= 4 is 5.69 Å². The molecule has 0 bridgehead atoms. The van der Waals surface area contributed by atoms with Gasteiger partial charge in [-0.25, -0.2) is 0 Å². The van der Waals surface area contributed by atoms with Crippen LogP contribution in [0.1, 0.15) is 50.4 Å². The lowest BCUT2D eigenvalue weighted by Crippen LogP contribution is -2.27. The normalized spacial score (nSPS) is 18.2. The predicted octanol–water partition coefficient (Wildman–Crippen LogP) is 3.49. The van der Waals surface area contributed by atoms with Crippen molar-refractivity contribution in [1.82, 2.24) is 15.1 Å². The molecule has 3 heterocycles. The number of anilines is 1. The second-order valence-electron chi connectivity index (χ2n) is 5.67. The van der Waals surface area contributed by atoms with Gasteiger partial charge in [0.2, 0.25) is 17.5 Å². The maximum Gasteiger partial charge on any atom is 0.253 e. The van der Waals surface area contributed by atoms with Crippen LogP contribution in [0.5, 0.6) is 0 Å². The Morgan fingerprint density at radius 3 is 2.30 bits per heavy atom. The van der Waals surface area contributed by atoms with E-state index >= 15 is 0 Å². The Hall–Kier alpha value is -2.19. The maximum absolute atomic E-state index is 14.0. The molecule has 9 heteroatoms. The SMILES string of the molecule is CC(C)c1nc(C2CCCN2c2c(F)c(F)nc(F)c2F)no1. The minimum absolute atomic E-state index is 0.00427. The number of halogens is 4. The van der Waals surface area contributed by atoms with Gasteiger partial charge in [0.15, 0.2) is 5.82 Å². The molecule has 2 aromatic rings. The van der Waals surface area contributed by atoms with E-state index in [4.69, 9.17) is 4.52 Å². The standard InChI is InChI=1S/C14H14F4N4O/c1-6(2)14-20-13(21-23-14)7-4-3-5-22(7)10-8(15)11(17)19-12(18)9(10)16/h6-7H,3-5H2,1-2H3. The van der Waals surface area contributed by atoms with Crippen molar-refractivity contribution in [1.29, 1.82) is 0 Å². The second-order valence-corrected chi connectivity index (χ2v) is 5.67. The third-order valence-corrected chi connectivity index (χ3v) is 3.76. The maximum atomic E-state index is 14.0. The van der Waals surface area contributed by atoms with Gasteiger partial charge in [0.1, 0.15) is 5.69 Å². The molecule has 1 aliphatic heterocycles. The molecule has 0 saturated carbocycles. The number of hydrogen-bond acceptors (Lipinski definition) is 5. The number of hydrogen-bond donors (Lipinski definition) is 0. The molecule has 0 spiro atoms. The average molecular weight is 330 g/mol. The second kappa shape index (κ2) is 5.78. The molecule has 23 heavy (non-hydrogen) atoms. The van der Waals surface area contributed by atoms with E-state index in [0.717, 1.165) is 0 Å². The first-order chi connectivity index (χ1) is 10.9. The van der Waals surface area contributed by atoms with Crippen molar-refractivity contribution in [3.63, 3.8) is 0 Å². The van der Waals surface area contributed by atoms with Gasteiger partial charge in [-0.2, -0.15) is 27.5 Å². The summed E-state index contributed by atoms with van der Waals surface area (Å²) < 4.78 is 59.7. The first-order valence-electron chi connectivity index (χ1n) is 7.20. The number of rotatable bonds is 3. The molecule has 0 radical (unpaired) electrons. The van der Waals surface area contributed by atoms with Crippen LogP contribution in [0.2, 0.25) is 0 Å². The van der Waals surface area contributed by atoms with Crippen molar-refractivity contribution in [2.75, 3.05) is 11.4 Å². The predicted molar refractivity (Wildman–Crippen MR) is 71.8 cm³/mol. The summed E-state index contributed by atoms with van der Waals surface area (Å²) in [5.41, 5.74) is -0.784. The summed E-state index contributed by atoms with van der Waals surface area (Å²) in [6.45, 7) is 3.93. The van der Waals surface area contributed by atoms with Crippen molar-refractivity contribution in [2.45, 2.75) is 38.6 Å². The van der Waals surface area contributed by atoms with E-state index in [0.29, 0.717) is 18.7 Å². The Morgan fingerprint density at radius 1 is 1.09 bits per heavy atom. The van der Waals surface area contributed by atoms with Crippen LogP contribution in [0.15, 0.2) is 4.52 Å². The minimum Gasteiger partial charge on any atom is -0.356 e. The monoisotopic (exact) mass is 330 g/mol. The molecular formula is C14H14F4N4O. The lowest BCUT2D eigenvalue weighted by molar-refractivity contribution is 0.357. The molecular weight excluding hydrogens is 316 g/mol. The lowest BCUT2D eigenvalue weighted by Gasteiger charge is -2.25. The summed E-state index contributed by atoms with van der Waals surface area (Å²) in [4.78, 5) is 7.99. The van der Waals surface area contributed by atoms with Gasteiger partial charge in [-0.05, 0) is 12.8 Å². The van der Waals surface area contributed by atoms with E-state index in [2.05, 4.69) is 15.1 Å². The first-order valence-corrected chi connectivity index (χ1v) is 7.20. The Morgan fingerprint density at radius 2 is 1.74 bits per heavy atom. The highest BCUT2D eigenvalue weighted by Gasteiger charge is 2.36. The zero-order valence-electron chi connectivity index (χ0n) is 12.5. The Bertz CT molecular complexity index is 708. The Kier molecular flexibility index (Phi) is 3.95. The molecule has 1 saturated heterocycles. The summed E-state index contributed by atoms with van der Waals surface area (Å²) in [6.07, 6.45) is 1.06. The summed E-state index contributed by atoms with van der Waals surface area (Å²) in [5.74, 6) is -5.79. The van der Waals surface area contributed by atoms with Crippen LogP contribution in [0.3, 0.4) is 0 Å².